The maximum Gasteiger partial charge on any atom is 0.225 e. The molecule has 1 aliphatic rings. The Kier molecular flexibility index (Phi) is 6.03. The van der Waals surface area contributed by atoms with Gasteiger partial charge in [0.25, 0.3) is 0 Å². The smallest absolute Gasteiger partial charge is 0.225 e. The predicted octanol–water partition coefficient (Wildman–Crippen LogP) is 2.86. The van der Waals surface area contributed by atoms with E-state index in [0.717, 1.165) is 19.2 Å². The van der Waals surface area contributed by atoms with Crippen LogP contribution in [-0.4, -0.2) is 69.5 Å². The van der Waals surface area contributed by atoms with Crippen LogP contribution in [0.4, 0.5) is 26.2 Å². The SMILES string of the molecule is CC(CNc1nc(N)n2nc(-c3ccco3)nc2c1C=N)N1CCN(c2ccc(F)cc2F)CC1. The molecule has 1 saturated heterocycles. The highest BCUT2D eigenvalue weighted by molar-refractivity contribution is 5.93. The Morgan fingerprint density at radius 2 is 2.00 bits per heavy atom. The molecule has 4 N–H and O–H groups in total. The molecule has 3 aromatic heterocycles. The van der Waals surface area contributed by atoms with Crippen LogP contribution >= 0.6 is 0 Å². The lowest BCUT2D eigenvalue weighted by Crippen LogP contribution is -2.51. The van der Waals surface area contributed by atoms with Crippen LogP contribution in [0.15, 0.2) is 41.0 Å². The molecule has 12 heteroatoms. The van der Waals surface area contributed by atoms with Crippen molar-refractivity contribution in [3.8, 4) is 11.6 Å². The number of rotatable bonds is 7. The average Bonchev–Trinajstić information content (AvgIpc) is 3.53. The molecule has 35 heavy (non-hydrogen) atoms. The van der Waals surface area contributed by atoms with Crippen LogP contribution in [-0.2, 0) is 0 Å². The summed E-state index contributed by atoms with van der Waals surface area (Å²) in [6.45, 7) is 5.34. The molecule has 1 fully saturated rings. The standard InChI is InChI=1S/C23H25F2N9O/c1-14(32-6-8-33(9-7-32)18-5-4-15(24)11-17(18)25)13-28-20-16(12-26)22-29-21(19-3-2-10-35-19)31-34(22)23(27)30-20/h2-5,10-12,14,26,28H,6-9,13H2,1H3,(H2,27,30). The van der Waals surface area contributed by atoms with Gasteiger partial charge in [0, 0.05) is 51.0 Å². The highest BCUT2D eigenvalue weighted by atomic mass is 19.1. The number of nitrogens with one attached hydrogen (secondary N) is 2. The first-order valence-corrected chi connectivity index (χ1v) is 11.2. The first-order chi connectivity index (χ1) is 16.9. The van der Waals surface area contributed by atoms with E-state index in [-0.39, 0.29) is 12.0 Å². The van der Waals surface area contributed by atoms with Gasteiger partial charge >= 0.3 is 0 Å². The van der Waals surface area contributed by atoms with Crippen molar-refractivity contribution >= 4 is 29.3 Å². The molecule has 0 saturated carbocycles. The number of anilines is 3. The van der Waals surface area contributed by atoms with Gasteiger partial charge in [0.2, 0.25) is 11.8 Å². The molecule has 182 valence electrons. The summed E-state index contributed by atoms with van der Waals surface area (Å²) in [5.41, 5.74) is 7.41. The van der Waals surface area contributed by atoms with E-state index < -0.39 is 11.6 Å². The van der Waals surface area contributed by atoms with E-state index in [1.165, 1.54) is 29.1 Å². The lowest BCUT2D eigenvalue weighted by Gasteiger charge is -2.39. The summed E-state index contributed by atoms with van der Waals surface area (Å²) in [6, 6.07) is 7.29. The Morgan fingerprint density at radius 1 is 1.20 bits per heavy atom. The van der Waals surface area contributed by atoms with Gasteiger partial charge in [-0.05, 0) is 31.2 Å². The molecular weight excluding hydrogens is 456 g/mol. The second kappa shape index (κ2) is 9.29. The number of hydrogen-bond acceptors (Lipinski definition) is 9. The maximum absolute atomic E-state index is 14.1. The van der Waals surface area contributed by atoms with E-state index >= 15 is 0 Å². The van der Waals surface area contributed by atoms with Gasteiger partial charge in [0.1, 0.15) is 17.5 Å². The normalized spacial score (nSPS) is 15.5. The second-order valence-electron chi connectivity index (χ2n) is 8.37. The number of nitrogens with zero attached hydrogens (tertiary/aromatic N) is 6. The van der Waals surface area contributed by atoms with Crippen LogP contribution in [0.3, 0.4) is 0 Å². The molecule has 1 unspecified atom stereocenters. The lowest BCUT2D eigenvalue weighted by molar-refractivity contribution is 0.204. The Labute approximate surface area is 199 Å². The molecule has 0 aliphatic carbocycles. The predicted molar refractivity (Wildman–Crippen MR) is 129 cm³/mol. The van der Waals surface area contributed by atoms with E-state index in [9.17, 15) is 8.78 Å². The minimum absolute atomic E-state index is 0.129. The summed E-state index contributed by atoms with van der Waals surface area (Å²) in [4.78, 5) is 13.1. The zero-order valence-electron chi connectivity index (χ0n) is 19.1. The number of aromatic nitrogens is 4. The topological polar surface area (TPSA) is 125 Å². The maximum atomic E-state index is 14.1. The van der Waals surface area contributed by atoms with Crippen LogP contribution in [0.5, 0.6) is 0 Å². The minimum Gasteiger partial charge on any atom is -0.461 e. The van der Waals surface area contributed by atoms with Crippen molar-refractivity contribution in [3.05, 3.63) is 53.8 Å². The van der Waals surface area contributed by atoms with Crippen molar-refractivity contribution in [3.63, 3.8) is 0 Å². The van der Waals surface area contributed by atoms with Gasteiger partial charge in [0.05, 0.1) is 17.5 Å². The average molecular weight is 482 g/mol. The largest absolute Gasteiger partial charge is 0.461 e. The first kappa shape index (κ1) is 22.7. The number of nitrogens with two attached hydrogens (primary N) is 1. The van der Waals surface area contributed by atoms with Crippen LogP contribution in [0, 0.1) is 17.0 Å². The zero-order chi connectivity index (χ0) is 24.5. The number of piperazine rings is 1. The molecule has 5 rings (SSSR count). The van der Waals surface area contributed by atoms with Gasteiger partial charge in [-0.25, -0.2) is 13.8 Å². The van der Waals surface area contributed by atoms with Crippen molar-refractivity contribution in [2.45, 2.75) is 13.0 Å². The van der Waals surface area contributed by atoms with Gasteiger partial charge in [-0.2, -0.15) is 9.50 Å². The molecule has 1 atom stereocenters. The summed E-state index contributed by atoms with van der Waals surface area (Å²) in [7, 11) is 0. The monoisotopic (exact) mass is 481 g/mol. The highest BCUT2D eigenvalue weighted by Gasteiger charge is 2.24. The number of halogens is 2. The number of hydrogen-bond donors (Lipinski definition) is 3. The molecule has 4 aromatic rings. The lowest BCUT2D eigenvalue weighted by atomic mass is 10.2. The van der Waals surface area contributed by atoms with Gasteiger partial charge in [-0.1, -0.05) is 0 Å². The number of furan rings is 1. The highest BCUT2D eigenvalue weighted by Crippen LogP contribution is 2.24. The Hall–Kier alpha value is -4.06. The summed E-state index contributed by atoms with van der Waals surface area (Å²) >= 11 is 0. The third-order valence-electron chi connectivity index (χ3n) is 6.19. The summed E-state index contributed by atoms with van der Waals surface area (Å²) in [5, 5.41) is 15.6. The Morgan fingerprint density at radius 3 is 2.69 bits per heavy atom. The molecule has 0 bridgehead atoms. The molecule has 1 aromatic carbocycles. The van der Waals surface area contributed by atoms with Crippen molar-refractivity contribution in [1.29, 1.82) is 5.41 Å². The van der Waals surface area contributed by atoms with E-state index in [0.29, 0.717) is 53.9 Å². The third kappa shape index (κ3) is 4.39. The summed E-state index contributed by atoms with van der Waals surface area (Å²) in [5.74, 6) is 0.308. The van der Waals surface area contributed by atoms with Gasteiger partial charge in [0.15, 0.2) is 11.4 Å². The van der Waals surface area contributed by atoms with E-state index in [1.54, 1.807) is 12.1 Å². The fourth-order valence-corrected chi connectivity index (χ4v) is 4.27. The van der Waals surface area contributed by atoms with Gasteiger partial charge < -0.3 is 25.8 Å². The number of nitrogen functional groups attached to an aromatic ring is 1. The van der Waals surface area contributed by atoms with Crippen molar-refractivity contribution in [1.82, 2.24) is 24.5 Å². The number of fused-ring (bicyclic) bond motifs is 1. The molecule has 4 heterocycles. The molecule has 0 spiro atoms. The third-order valence-corrected chi connectivity index (χ3v) is 6.19. The number of benzene rings is 1. The minimum atomic E-state index is -0.579. The first-order valence-electron chi connectivity index (χ1n) is 11.2. The summed E-state index contributed by atoms with van der Waals surface area (Å²) < 4.78 is 34.1. The van der Waals surface area contributed by atoms with E-state index in [4.69, 9.17) is 15.6 Å². The molecule has 10 nitrogen and oxygen atoms in total. The van der Waals surface area contributed by atoms with Crippen molar-refractivity contribution in [2.24, 2.45) is 0 Å². The Balaban J connectivity index is 1.26. The Bertz CT molecular complexity index is 1350. The molecule has 0 amide bonds. The summed E-state index contributed by atoms with van der Waals surface area (Å²) in [6.07, 6.45) is 2.70. The van der Waals surface area contributed by atoms with E-state index in [2.05, 4.69) is 32.2 Å². The molecule has 0 radical (unpaired) electrons. The van der Waals surface area contributed by atoms with Crippen LogP contribution < -0.4 is 16.0 Å². The second-order valence-corrected chi connectivity index (χ2v) is 8.37. The zero-order valence-corrected chi connectivity index (χ0v) is 19.1. The van der Waals surface area contributed by atoms with Gasteiger partial charge in [-0.15, -0.1) is 5.10 Å². The fourth-order valence-electron chi connectivity index (χ4n) is 4.27. The van der Waals surface area contributed by atoms with Crippen LogP contribution in [0.2, 0.25) is 0 Å². The quantitative estimate of drug-likeness (QED) is 0.344. The molecular formula is C23H25F2N9O. The van der Waals surface area contributed by atoms with Gasteiger partial charge in [-0.3, -0.25) is 4.90 Å². The molecule has 1 aliphatic heterocycles. The van der Waals surface area contributed by atoms with Crippen LogP contribution in [0.1, 0.15) is 12.5 Å². The van der Waals surface area contributed by atoms with Crippen molar-refractivity contribution in [2.75, 3.05) is 48.7 Å². The van der Waals surface area contributed by atoms with E-state index in [1.807, 2.05) is 4.90 Å². The van der Waals surface area contributed by atoms with Crippen LogP contribution in [0.25, 0.3) is 17.2 Å². The van der Waals surface area contributed by atoms with Crippen molar-refractivity contribution < 1.29 is 13.2 Å². The fraction of sp³-hybridized carbons (Fsp3) is 0.304.